The Morgan fingerprint density at radius 1 is 1.60 bits per heavy atom. The molecule has 4 nitrogen and oxygen atoms in total. The third kappa shape index (κ3) is 2.78. The quantitative estimate of drug-likeness (QED) is 0.846. The van der Waals surface area contributed by atoms with E-state index in [4.69, 9.17) is 4.52 Å². The van der Waals surface area contributed by atoms with Crippen molar-refractivity contribution < 1.29 is 4.52 Å². The molecule has 0 radical (unpaired) electrons. The molecule has 0 saturated carbocycles. The number of hydrogen-bond acceptors (Lipinski definition) is 4. The van der Waals surface area contributed by atoms with E-state index in [-0.39, 0.29) is 0 Å². The topological polar surface area (TPSA) is 42.2 Å². The second-order valence-corrected chi connectivity index (χ2v) is 5.09. The molecule has 0 N–H and O–H groups in total. The molecule has 1 atom stereocenters. The molecule has 0 spiro atoms. The van der Waals surface area contributed by atoms with Crippen LogP contribution in [0.15, 0.2) is 9.32 Å². The smallest absolute Gasteiger partial charge is 0.293 e. The summed E-state index contributed by atoms with van der Waals surface area (Å²) >= 11 is 3.17. The van der Waals surface area contributed by atoms with Crippen LogP contribution in [0, 0.1) is 5.92 Å². The minimum Gasteiger partial charge on any atom is -0.327 e. The second kappa shape index (κ2) is 4.61. The zero-order chi connectivity index (χ0) is 10.8. The van der Waals surface area contributed by atoms with Crippen LogP contribution in [-0.4, -0.2) is 34.2 Å². The highest BCUT2D eigenvalue weighted by Gasteiger charge is 2.25. The van der Waals surface area contributed by atoms with Crippen LogP contribution >= 0.6 is 15.9 Å². The molecule has 1 aliphatic rings. The van der Waals surface area contributed by atoms with Crippen molar-refractivity contribution in [2.24, 2.45) is 5.92 Å². The Labute approximate surface area is 98.2 Å². The molecule has 0 amide bonds. The summed E-state index contributed by atoms with van der Waals surface area (Å²) in [5, 5.41) is 3.90. The van der Waals surface area contributed by atoms with Crippen LogP contribution in [0.25, 0.3) is 0 Å². The van der Waals surface area contributed by atoms with Gasteiger partial charge in [0.25, 0.3) is 4.80 Å². The van der Waals surface area contributed by atoms with E-state index >= 15 is 0 Å². The average molecular weight is 274 g/mol. The van der Waals surface area contributed by atoms with Gasteiger partial charge in [0.1, 0.15) is 0 Å². The summed E-state index contributed by atoms with van der Waals surface area (Å²) in [5.74, 6) is 1.49. The molecule has 0 aliphatic carbocycles. The van der Waals surface area contributed by atoms with Crippen molar-refractivity contribution in [3.63, 3.8) is 0 Å². The lowest BCUT2D eigenvalue weighted by Crippen LogP contribution is -2.28. The molecule has 84 valence electrons. The summed E-state index contributed by atoms with van der Waals surface area (Å²) < 4.78 is 4.89. The molecular formula is C10H16BrN3O. The Bertz CT molecular complexity index is 326. The molecule has 1 fully saturated rings. The number of nitrogens with zero attached hydrogens (tertiary/aromatic N) is 3. The Hall–Kier alpha value is -0.420. The standard InChI is InChI=1S/C10H16BrN3O/c1-7(2)14-4-3-8(6-14)5-9-12-10(11)15-13-9/h7-8H,3-6H2,1-2H3. The van der Waals surface area contributed by atoms with E-state index in [0.29, 0.717) is 16.8 Å². The van der Waals surface area contributed by atoms with Crippen LogP contribution in [0.3, 0.4) is 0 Å². The van der Waals surface area contributed by atoms with Crippen molar-refractivity contribution in [3.05, 3.63) is 10.6 Å². The molecular weight excluding hydrogens is 258 g/mol. The van der Waals surface area contributed by atoms with Crippen LogP contribution in [0.4, 0.5) is 0 Å². The van der Waals surface area contributed by atoms with E-state index < -0.39 is 0 Å². The van der Waals surface area contributed by atoms with Crippen molar-refractivity contribution in [2.45, 2.75) is 32.7 Å². The van der Waals surface area contributed by atoms with Crippen molar-refractivity contribution >= 4 is 15.9 Å². The lowest BCUT2D eigenvalue weighted by molar-refractivity contribution is 0.264. The number of hydrogen-bond donors (Lipinski definition) is 0. The molecule has 1 aromatic rings. The average Bonchev–Trinajstić information content (AvgIpc) is 2.76. The molecule has 2 heterocycles. The number of rotatable bonds is 3. The van der Waals surface area contributed by atoms with Gasteiger partial charge in [-0.05, 0) is 32.7 Å². The van der Waals surface area contributed by atoms with E-state index in [2.05, 4.69) is 44.8 Å². The van der Waals surface area contributed by atoms with Crippen LogP contribution < -0.4 is 0 Å². The lowest BCUT2D eigenvalue weighted by atomic mass is 10.1. The van der Waals surface area contributed by atoms with E-state index in [1.54, 1.807) is 0 Å². The first-order valence-corrected chi connectivity index (χ1v) is 6.16. The van der Waals surface area contributed by atoms with Crippen molar-refractivity contribution in [1.29, 1.82) is 0 Å². The highest BCUT2D eigenvalue weighted by atomic mass is 79.9. The largest absolute Gasteiger partial charge is 0.327 e. The first-order valence-electron chi connectivity index (χ1n) is 5.37. The van der Waals surface area contributed by atoms with Crippen LogP contribution in [0.1, 0.15) is 26.1 Å². The molecule has 2 rings (SSSR count). The number of likely N-dealkylation sites (tertiary alicyclic amines) is 1. The highest BCUT2D eigenvalue weighted by molar-refractivity contribution is 9.10. The minimum absolute atomic E-state index is 0.483. The summed E-state index contributed by atoms with van der Waals surface area (Å²) in [7, 11) is 0. The minimum atomic E-state index is 0.483. The molecule has 1 unspecified atom stereocenters. The lowest BCUT2D eigenvalue weighted by Gasteiger charge is -2.19. The first kappa shape index (κ1) is 11.1. The fraction of sp³-hybridized carbons (Fsp3) is 0.800. The van der Waals surface area contributed by atoms with Gasteiger partial charge in [0.15, 0.2) is 5.82 Å². The predicted octanol–water partition coefficient (Wildman–Crippen LogP) is 2.10. The first-order chi connectivity index (χ1) is 7.15. The van der Waals surface area contributed by atoms with E-state index in [1.165, 1.54) is 13.0 Å². The zero-order valence-corrected chi connectivity index (χ0v) is 10.7. The van der Waals surface area contributed by atoms with Crippen LogP contribution in [0.5, 0.6) is 0 Å². The Morgan fingerprint density at radius 3 is 2.93 bits per heavy atom. The van der Waals surface area contributed by atoms with Gasteiger partial charge in [0.05, 0.1) is 0 Å². The van der Waals surface area contributed by atoms with Gasteiger partial charge in [0, 0.05) is 34.9 Å². The summed E-state index contributed by atoms with van der Waals surface area (Å²) in [6.07, 6.45) is 2.17. The number of halogens is 1. The second-order valence-electron chi connectivity index (χ2n) is 4.41. The van der Waals surface area contributed by atoms with Gasteiger partial charge in [0.2, 0.25) is 0 Å². The molecule has 0 bridgehead atoms. The highest BCUT2D eigenvalue weighted by Crippen LogP contribution is 2.21. The number of aromatic nitrogens is 2. The summed E-state index contributed by atoms with van der Waals surface area (Å²) in [5.41, 5.74) is 0. The van der Waals surface area contributed by atoms with E-state index in [9.17, 15) is 0 Å². The maximum absolute atomic E-state index is 4.89. The van der Waals surface area contributed by atoms with Gasteiger partial charge in [-0.1, -0.05) is 5.16 Å². The van der Waals surface area contributed by atoms with Crippen molar-refractivity contribution in [3.8, 4) is 0 Å². The van der Waals surface area contributed by atoms with Crippen LogP contribution in [0.2, 0.25) is 0 Å². The fourth-order valence-electron chi connectivity index (χ4n) is 2.07. The fourth-order valence-corrected chi connectivity index (χ4v) is 2.35. The van der Waals surface area contributed by atoms with Gasteiger partial charge < -0.3 is 9.42 Å². The zero-order valence-electron chi connectivity index (χ0n) is 9.11. The van der Waals surface area contributed by atoms with E-state index in [0.717, 1.165) is 18.8 Å². The third-order valence-electron chi connectivity index (χ3n) is 2.96. The Kier molecular flexibility index (Phi) is 3.41. The molecule has 5 heteroatoms. The Balaban J connectivity index is 1.87. The predicted molar refractivity (Wildman–Crippen MR) is 60.5 cm³/mol. The molecule has 0 aromatic carbocycles. The van der Waals surface area contributed by atoms with Gasteiger partial charge in [-0.15, -0.1) is 0 Å². The Morgan fingerprint density at radius 2 is 2.40 bits per heavy atom. The van der Waals surface area contributed by atoms with Gasteiger partial charge in [-0.2, -0.15) is 4.98 Å². The molecule has 15 heavy (non-hydrogen) atoms. The van der Waals surface area contributed by atoms with Gasteiger partial charge in [-0.25, -0.2) is 0 Å². The van der Waals surface area contributed by atoms with Gasteiger partial charge in [-0.3, -0.25) is 0 Å². The summed E-state index contributed by atoms with van der Waals surface area (Å²) in [4.78, 5) is 7.15. The van der Waals surface area contributed by atoms with E-state index in [1.807, 2.05) is 0 Å². The maximum Gasteiger partial charge on any atom is 0.293 e. The molecule has 1 aliphatic heterocycles. The monoisotopic (exact) mass is 273 g/mol. The van der Waals surface area contributed by atoms with Crippen molar-refractivity contribution in [1.82, 2.24) is 15.0 Å². The van der Waals surface area contributed by atoms with Crippen molar-refractivity contribution in [2.75, 3.05) is 13.1 Å². The summed E-state index contributed by atoms with van der Waals surface area (Å²) in [6, 6.07) is 0.645. The normalized spacial score (nSPS) is 22.8. The maximum atomic E-state index is 4.89. The third-order valence-corrected chi connectivity index (χ3v) is 3.28. The molecule has 1 aromatic heterocycles. The SMILES string of the molecule is CC(C)N1CCC(Cc2noc(Br)n2)C1. The molecule has 1 saturated heterocycles. The van der Waals surface area contributed by atoms with Gasteiger partial charge >= 0.3 is 0 Å². The summed E-state index contributed by atoms with van der Waals surface area (Å²) in [6.45, 7) is 6.84. The van der Waals surface area contributed by atoms with Crippen LogP contribution in [-0.2, 0) is 6.42 Å².